The summed E-state index contributed by atoms with van der Waals surface area (Å²) in [6.45, 7) is 8.67. The van der Waals surface area contributed by atoms with Crippen LogP contribution in [0.2, 0.25) is 0 Å². The Kier molecular flexibility index (Phi) is 4.32. The number of aromatic nitrogens is 4. The molecule has 0 aliphatic carbocycles. The van der Waals surface area contributed by atoms with Crippen LogP contribution in [0.4, 0.5) is 11.6 Å². The fraction of sp³-hybridized carbons (Fsp3) is 0.429. The lowest BCUT2D eigenvalue weighted by atomic mass is 9.95. The maximum Gasteiger partial charge on any atom is 0.148 e. The van der Waals surface area contributed by atoms with Crippen molar-refractivity contribution >= 4 is 11.6 Å². The lowest BCUT2D eigenvalue weighted by molar-refractivity contribution is 0.546. The second kappa shape index (κ2) is 6.01. The Morgan fingerprint density at radius 1 is 1.19 bits per heavy atom. The lowest BCUT2D eigenvalue weighted by Gasteiger charge is -2.20. The number of hydrogen-bond donors (Lipinski definition) is 3. The standard InChI is InChI=1S/C14H21N7/c1-9-11(17-7-10-5-6-16-8-18-10)19-13(14(2,3)4)20-12(9)21-15/h5-6,8H,7,15H2,1-4H3,(H2,17,19,20,21). The minimum absolute atomic E-state index is 0.162. The highest BCUT2D eigenvalue weighted by Crippen LogP contribution is 2.25. The smallest absolute Gasteiger partial charge is 0.148 e. The Hall–Kier alpha value is -2.28. The molecule has 0 spiro atoms. The Labute approximate surface area is 124 Å². The summed E-state index contributed by atoms with van der Waals surface area (Å²) in [6.07, 6.45) is 3.24. The number of anilines is 2. The van der Waals surface area contributed by atoms with E-state index in [0.29, 0.717) is 12.4 Å². The summed E-state index contributed by atoms with van der Waals surface area (Å²) in [7, 11) is 0. The summed E-state index contributed by atoms with van der Waals surface area (Å²) < 4.78 is 0. The van der Waals surface area contributed by atoms with E-state index < -0.39 is 0 Å². The van der Waals surface area contributed by atoms with Crippen LogP contribution in [0.15, 0.2) is 18.6 Å². The molecule has 0 saturated carbocycles. The Morgan fingerprint density at radius 3 is 2.48 bits per heavy atom. The molecular weight excluding hydrogens is 266 g/mol. The molecule has 2 rings (SSSR count). The molecule has 0 aliphatic heterocycles. The number of nitrogen functional groups attached to an aromatic ring is 1. The number of hydrogen-bond acceptors (Lipinski definition) is 7. The molecule has 7 nitrogen and oxygen atoms in total. The lowest BCUT2D eigenvalue weighted by Crippen LogP contribution is -2.21. The molecule has 0 aromatic carbocycles. The van der Waals surface area contributed by atoms with E-state index >= 15 is 0 Å². The summed E-state index contributed by atoms with van der Waals surface area (Å²) in [5.41, 5.74) is 4.23. The van der Waals surface area contributed by atoms with Crippen LogP contribution in [0.3, 0.4) is 0 Å². The molecule has 21 heavy (non-hydrogen) atoms. The molecule has 0 fully saturated rings. The highest BCUT2D eigenvalue weighted by molar-refractivity contribution is 5.57. The van der Waals surface area contributed by atoms with Gasteiger partial charge in [0.25, 0.3) is 0 Å². The van der Waals surface area contributed by atoms with Gasteiger partial charge in [0.1, 0.15) is 23.8 Å². The zero-order valence-electron chi connectivity index (χ0n) is 12.8. The SMILES string of the molecule is Cc1c(NN)nc(C(C)(C)C)nc1NCc1ccncn1. The quantitative estimate of drug-likeness (QED) is 0.582. The average molecular weight is 287 g/mol. The van der Waals surface area contributed by atoms with Gasteiger partial charge in [0.05, 0.1) is 12.2 Å². The van der Waals surface area contributed by atoms with Crippen molar-refractivity contribution in [1.29, 1.82) is 0 Å². The van der Waals surface area contributed by atoms with Gasteiger partial charge in [0.2, 0.25) is 0 Å². The van der Waals surface area contributed by atoms with Crippen molar-refractivity contribution in [2.24, 2.45) is 5.84 Å². The first kappa shape index (κ1) is 15.1. The molecule has 112 valence electrons. The fourth-order valence-electron chi connectivity index (χ4n) is 1.76. The van der Waals surface area contributed by atoms with Gasteiger partial charge in [0, 0.05) is 17.2 Å². The first-order valence-corrected chi connectivity index (χ1v) is 6.76. The van der Waals surface area contributed by atoms with Crippen LogP contribution in [0.5, 0.6) is 0 Å². The van der Waals surface area contributed by atoms with Crippen LogP contribution in [-0.4, -0.2) is 19.9 Å². The minimum Gasteiger partial charge on any atom is -0.364 e. The average Bonchev–Trinajstić information content (AvgIpc) is 2.46. The van der Waals surface area contributed by atoms with Crippen molar-refractivity contribution in [3.63, 3.8) is 0 Å². The molecule has 0 aliphatic rings. The summed E-state index contributed by atoms with van der Waals surface area (Å²) in [5, 5.41) is 3.28. The van der Waals surface area contributed by atoms with Crippen LogP contribution in [0.25, 0.3) is 0 Å². The van der Waals surface area contributed by atoms with Gasteiger partial charge in [-0.25, -0.2) is 25.8 Å². The molecule has 4 N–H and O–H groups in total. The number of nitrogens with one attached hydrogen (secondary N) is 2. The van der Waals surface area contributed by atoms with Gasteiger partial charge in [0.15, 0.2) is 0 Å². The third-order valence-electron chi connectivity index (χ3n) is 3.03. The molecule has 2 aromatic rings. The van der Waals surface area contributed by atoms with E-state index in [0.717, 1.165) is 22.9 Å². The predicted molar refractivity (Wildman–Crippen MR) is 82.6 cm³/mol. The van der Waals surface area contributed by atoms with Crippen molar-refractivity contribution in [3.05, 3.63) is 35.7 Å². The topological polar surface area (TPSA) is 102 Å². The molecule has 0 amide bonds. The van der Waals surface area contributed by atoms with Crippen molar-refractivity contribution in [1.82, 2.24) is 19.9 Å². The first-order chi connectivity index (χ1) is 9.91. The van der Waals surface area contributed by atoms with E-state index in [9.17, 15) is 0 Å². The molecule has 0 unspecified atom stereocenters. The zero-order valence-corrected chi connectivity index (χ0v) is 12.8. The van der Waals surface area contributed by atoms with Gasteiger partial charge in [-0.15, -0.1) is 0 Å². The molecule has 0 saturated heterocycles. The molecular formula is C14H21N7. The maximum atomic E-state index is 5.55. The van der Waals surface area contributed by atoms with Crippen LogP contribution in [0.1, 0.15) is 37.9 Å². The largest absolute Gasteiger partial charge is 0.364 e. The number of rotatable bonds is 4. The minimum atomic E-state index is -0.162. The molecule has 7 heteroatoms. The number of nitrogens with two attached hydrogens (primary N) is 1. The molecule has 0 bridgehead atoms. The Morgan fingerprint density at radius 2 is 1.90 bits per heavy atom. The van der Waals surface area contributed by atoms with Crippen LogP contribution in [0, 0.1) is 6.92 Å². The van der Waals surface area contributed by atoms with Crippen LogP contribution >= 0.6 is 0 Å². The van der Waals surface area contributed by atoms with E-state index in [1.165, 1.54) is 6.33 Å². The van der Waals surface area contributed by atoms with Crippen molar-refractivity contribution in [2.45, 2.75) is 39.7 Å². The first-order valence-electron chi connectivity index (χ1n) is 6.76. The van der Waals surface area contributed by atoms with Gasteiger partial charge in [-0.2, -0.15) is 0 Å². The zero-order chi connectivity index (χ0) is 15.5. The Balaban J connectivity index is 2.29. The summed E-state index contributed by atoms with van der Waals surface area (Å²) in [6, 6.07) is 1.86. The molecule has 2 aromatic heterocycles. The third kappa shape index (κ3) is 3.63. The molecule has 0 radical (unpaired) electrons. The van der Waals surface area contributed by atoms with Crippen LogP contribution in [-0.2, 0) is 12.0 Å². The van der Waals surface area contributed by atoms with Gasteiger partial charge in [-0.05, 0) is 13.0 Å². The van der Waals surface area contributed by atoms with E-state index in [4.69, 9.17) is 5.84 Å². The van der Waals surface area contributed by atoms with Crippen LogP contribution < -0.4 is 16.6 Å². The predicted octanol–water partition coefficient (Wildman–Crippen LogP) is 1.77. The normalized spacial score (nSPS) is 11.3. The summed E-state index contributed by atoms with van der Waals surface area (Å²) in [4.78, 5) is 17.2. The second-order valence-corrected chi connectivity index (χ2v) is 5.82. The molecule has 0 atom stereocenters. The van der Waals surface area contributed by atoms with Crippen molar-refractivity contribution < 1.29 is 0 Å². The van der Waals surface area contributed by atoms with Gasteiger partial charge in [-0.3, -0.25) is 0 Å². The third-order valence-corrected chi connectivity index (χ3v) is 3.03. The highest BCUT2D eigenvalue weighted by atomic mass is 15.3. The Bertz CT molecular complexity index is 605. The highest BCUT2D eigenvalue weighted by Gasteiger charge is 2.20. The number of nitrogens with zero attached hydrogens (tertiary/aromatic N) is 4. The van der Waals surface area contributed by atoms with Gasteiger partial charge >= 0.3 is 0 Å². The van der Waals surface area contributed by atoms with Gasteiger partial charge < -0.3 is 10.7 Å². The maximum absolute atomic E-state index is 5.55. The van der Waals surface area contributed by atoms with E-state index in [1.54, 1.807) is 6.20 Å². The molecule has 2 heterocycles. The second-order valence-electron chi connectivity index (χ2n) is 5.82. The summed E-state index contributed by atoms with van der Waals surface area (Å²) >= 11 is 0. The van der Waals surface area contributed by atoms with Crippen molar-refractivity contribution in [3.8, 4) is 0 Å². The van der Waals surface area contributed by atoms with Crippen molar-refractivity contribution in [2.75, 3.05) is 10.7 Å². The monoisotopic (exact) mass is 287 g/mol. The van der Waals surface area contributed by atoms with E-state index in [2.05, 4.69) is 51.4 Å². The number of hydrazine groups is 1. The fourth-order valence-corrected chi connectivity index (χ4v) is 1.76. The van der Waals surface area contributed by atoms with Gasteiger partial charge in [-0.1, -0.05) is 20.8 Å². The van der Waals surface area contributed by atoms with E-state index in [1.807, 2.05) is 13.0 Å². The summed E-state index contributed by atoms with van der Waals surface area (Å²) in [5.74, 6) is 7.65. The van der Waals surface area contributed by atoms with E-state index in [-0.39, 0.29) is 5.41 Å².